The Bertz CT molecular complexity index is 1020. The third-order valence-electron chi connectivity index (χ3n) is 5.06. The van der Waals surface area contributed by atoms with Crippen LogP contribution in [0, 0.1) is 5.82 Å². The molecule has 0 unspecified atom stereocenters. The minimum atomic E-state index is -3.64. The number of aromatic nitrogens is 1. The van der Waals surface area contributed by atoms with Crippen molar-refractivity contribution >= 4 is 20.9 Å². The summed E-state index contributed by atoms with van der Waals surface area (Å²) in [4.78, 5) is 3.39. The van der Waals surface area contributed by atoms with Crippen LogP contribution < -0.4 is 0 Å². The van der Waals surface area contributed by atoms with Crippen LogP contribution in [0.3, 0.4) is 0 Å². The Hall–Kier alpha value is -2.18. The molecule has 25 heavy (non-hydrogen) atoms. The zero-order chi connectivity index (χ0) is 17.7. The molecule has 1 fully saturated rings. The van der Waals surface area contributed by atoms with Crippen LogP contribution in [0.2, 0.25) is 0 Å². The molecule has 1 aliphatic carbocycles. The molecule has 2 aromatic carbocycles. The molecule has 1 saturated carbocycles. The summed E-state index contributed by atoms with van der Waals surface area (Å²) in [5.41, 5.74) is 2.08. The normalized spacial score (nSPS) is 16.4. The van der Waals surface area contributed by atoms with Gasteiger partial charge in [-0.1, -0.05) is 18.2 Å². The fraction of sp³-hybridized carbons (Fsp3) is 0.263. The Kier molecular flexibility index (Phi) is 3.70. The minimum Gasteiger partial charge on any atom is -0.361 e. The van der Waals surface area contributed by atoms with Gasteiger partial charge in [0.05, 0.1) is 4.90 Å². The average Bonchev–Trinajstić information content (AvgIpc) is 3.24. The summed E-state index contributed by atoms with van der Waals surface area (Å²) in [6, 6.07) is 13.0. The minimum absolute atomic E-state index is 0.117. The van der Waals surface area contributed by atoms with Crippen molar-refractivity contribution < 1.29 is 12.8 Å². The van der Waals surface area contributed by atoms with Crippen LogP contribution in [-0.4, -0.2) is 31.3 Å². The second-order valence-electron chi connectivity index (χ2n) is 6.74. The van der Waals surface area contributed by atoms with Gasteiger partial charge < -0.3 is 4.98 Å². The number of hydrogen-bond acceptors (Lipinski definition) is 2. The summed E-state index contributed by atoms with van der Waals surface area (Å²) in [7, 11) is -2.05. The lowest BCUT2D eigenvalue weighted by Gasteiger charge is -2.23. The van der Waals surface area contributed by atoms with E-state index in [0.29, 0.717) is 6.54 Å². The van der Waals surface area contributed by atoms with Crippen molar-refractivity contribution in [2.75, 3.05) is 13.6 Å². The van der Waals surface area contributed by atoms with Gasteiger partial charge in [-0.3, -0.25) is 0 Å². The molecule has 6 heteroatoms. The maximum atomic E-state index is 13.1. The van der Waals surface area contributed by atoms with Gasteiger partial charge in [0.1, 0.15) is 5.82 Å². The molecule has 0 saturated heterocycles. The Morgan fingerprint density at radius 1 is 1.12 bits per heavy atom. The Morgan fingerprint density at radius 3 is 2.48 bits per heavy atom. The number of para-hydroxylation sites is 1. The summed E-state index contributed by atoms with van der Waals surface area (Å²) in [6.45, 7) is 0.411. The summed E-state index contributed by atoms with van der Waals surface area (Å²) in [5, 5.41) is 1.15. The standard InChI is InChI=1S/C19H19FN2O2S/c1-22(25(23,24)15-8-6-14(20)7-9-15)13-19(10-11-19)17-12-21-18-5-3-2-4-16(17)18/h2-9,12,21H,10-11,13H2,1H3. The molecule has 4 nitrogen and oxygen atoms in total. The molecule has 3 aromatic rings. The Morgan fingerprint density at radius 2 is 1.80 bits per heavy atom. The number of rotatable bonds is 5. The number of H-pyrrole nitrogens is 1. The molecule has 1 aromatic heterocycles. The van der Waals surface area contributed by atoms with E-state index in [1.165, 1.54) is 34.1 Å². The van der Waals surface area contributed by atoms with Crippen molar-refractivity contribution in [2.24, 2.45) is 0 Å². The number of likely N-dealkylation sites (N-methyl/N-ethyl adjacent to an activating group) is 1. The largest absolute Gasteiger partial charge is 0.361 e. The van der Waals surface area contributed by atoms with Crippen molar-refractivity contribution in [2.45, 2.75) is 23.2 Å². The van der Waals surface area contributed by atoms with Crippen LogP contribution in [0.5, 0.6) is 0 Å². The summed E-state index contributed by atoms with van der Waals surface area (Å²) < 4.78 is 40.0. The van der Waals surface area contributed by atoms with Gasteiger partial charge in [0, 0.05) is 36.1 Å². The number of nitrogens with one attached hydrogen (secondary N) is 1. The molecule has 0 radical (unpaired) electrons. The highest BCUT2D eigenvalue weighted by Gasteiger charge is 2.48. The molecule has 1 aliphatic rings. The van der Waals surface area contributed by atoms with Crippen LogP contribution in [0.15, 0.2) is 59.6 Å². The highest BCUT2D eigenvalue weighted by molar-refractivity contribution is 7.89. The monoisotopic (exact) mass is 358 g/mol. The zero-order valence-electron chi connectivity index (χ0n) is 13.9. The predicted octanol–water partition coefficient (Wildman–Crippen LogP) is 3.66. The van der Waals surface area contributed by atoms with Gasteiger partial charge in [0.15, 0.2) is 0 Å². The van der Waals surface area contributed by atoms with Gasteiger partial charge in [0.25, 0.3) is 0 Å². The summed E-state index contributed by atoms with van der Waals surface area (Å²) >= 11 is 0. The van der Waals surface area contributed by atoms with Gasteiger partial charge >= 0.3 is 0 Å². The molecular weight excluding hydrogens is 339 g/mol. The summed E-state index contributed by atoms with van der Waals surface area (Å²) in [6.07, 6.45) is 3.91. The lowest BCUT2D eigenvalue weighted by molar-refractivity contribution is 0.428. The van der Waals surface area contributed by atoms with E-state index in [-0.39, 0.29) is 10.3 Å². The quantitative estimate of drug-likeness (QED) is 0.757. The number of nitrogens with zero attached hydrogens (tertiary/aromatic N) is 1. The van der Waals surface area contributed by atoms with Crippen LogP contribution in [0.25, 0.3) is 10.9 Å². The van der Waals surface area contributed by atoms with Crippen molar-refractivity contribution in [3.8, 4) is 0 Å². The number of hydrogen-bond donors (Lipinski definition) is 1. The number of fused-ring (bicyclic) bond motifs is 1. The second kappa shape index (κ2) is 5.68. The van der Waals surface area contributed by atoms with Gasteiger partial charge in [-0.2, -0.15) is 0 Å². The first-order valence-corrected chi connectivity index (χ1v) is 9.65. The second-order valence-corrected chi connectivity index (χ2v) is 8.79. The average molecular weight is 358 g/mol. The molecule has 0 amide bonds. The maximum Gasteiger partial charge on any atom is 0.242 e. The molecule has 1 N–H and O–H groups in total. The van der Waals surface area contributed by atoms with Gasteiger partial charge in [0.2, 0.25) is 10.0 Å². The van der Waals surface area contributed by atoms with Gasteiger partial charge in [-0.15, -0.1) is 0 Å². The number of aromatic amines is 1. The maximum absolute atomic E-state index is 13.1. The molecule has 4 rings (SSSR count). The Labute approximate surface area is 146 Å². The third kappa shape index (κ3) is 2.75. The van der Waals surface area contributed by atoms with Crippen molar-refractivity contribution in [3.63, 3.8) is 0 Å². The first kappa shape index (κ1) is 16.3. The van der Waals surface area contributed by atoms with Crippen molar-refractivity contribution in [1.29, 1.82) is 0 Å². The van der Waals surface area contributed by atoms with Gasteiger partial charge in [-0.05, 0) is 48.7 Å². The van der Waals surface area contributed by atoms with E-state index in [2.05, 4.69) is 11.1 Å². The van der Waals surface area contributed by atoms with E-state index in [0.717, 1.165) is 23.7 Å². The topological polar surface area (TPSA) is 53.2 Å². The van der Waals surface area contributed by atoms with Crippen LogP contribution >= 0.6 is 0 Å². The van der Waals surface area contributed by atoms with Gasteiger partial charge in [-0.25, -0.2) is 17.1 Å². The first-order chi connectivity index (χ1) is 11.9. The highest BCUT2D eigenvalue weighted by atomic mass is 32.2. The zero-order valence-corrected chi connectivity index (χ0v) is 14.7. The fourth-order valence-corrected chi connectivity index (χ4v) is 4.73. The van der Waals surface area contributed by atoms with Crippen LogP contribution in [-0.2, 0) is 15.4 Å². The molecule has 0 bridgehead atoms. The van der Waals surface area contributed by atoms with Crippen molar-refractivity contribution in [1.82, 2.24) is 9.29 Å². The Balaban J connectivity index is 1.64. The van der Waals surface area contributed by atoms with E-state index in [1.54, 1.807) is 7.05 Å². The van der Waals surface area contributed by atoms with E-state index in [4.69, 9.17) is 0 Å². The van der Waals surface area contributed by atoms with E-state index in [9.17, 15) is 12.8 Å². The van der Waals surface area contributed by atoms with Crippen LogP contribution in [0.4, 0.5) is 4.39 Å². The number of sulfonamides is 1. The van der Waals surface area contributed by atoms with E-state index >= 15 is 0 Å². The highest BCUT2D eigenvalue weighted by Crippen LogP contribution is 2.51. The molecule has 0 aliphatic heterocycles. The number of benzene rings is 2. The molecule has 0 spiro atoms. The van der Waals surface area contributed by atoms with E-state index < -0.39 is 15.8 Å². The molecular formula is C19H19FN2O2S. The number of halogens is 1. The summed E-state index contributed by atoms with van der Waals surface area (Å²) in [5.74, 6) is -0.445. The molecule has 130 valence electrons. The third-order valence-corrected chi connectivity index (χ3v) is 6.88. The van der Waals surface area contributed by atoms with Crippen molar-refractivity contribution in [3.05, 3.63) is 66.1 Å². The lowest BCUT2D eigenvalue weighted by atomic mass is 9.95. The van der Waals surface area contributed by atoms with Crippen LogP contribution in [0.1, 0.15) is 18.4 Å². The SMILES string of the molecule is CN(CC1(c2c[nH]c3ccccc23)CC1)S(=O)(=O)c1ccc(F)cc1. The first-order valence-electron chi connectivity index (χ1n) is 8.21. The lowest BCUT2D eigenvalue weighted by Crippen LogP contribution is -2.34. The fourth-order valence-electron chi connectivity index (χ4n) is 3.47. The molecule has 0 atom stereocenters. The van der Waals surface area contributed by atoms with E-state index in [1.807, 2.05) is 24.4 Å². The smallest absolute Gasteiger partial charge is 0.242 e. The molecule has 1 heterocycles. The predicted molar refractivity (Wildman–Crippen MR) is 95.4 cm³/mol.